The molecule has 2 fully saturated rings. The normalized spacial score (nSPS) is 40.5. The topological polar surface area (TPSA) is 108 Å². The van der Waals surface area contributed by atoms with Crippen molar-refractivity contribution in [3.63, 3.8) is 0 Å². The number of aliphatic hydroxyl groups is 1. The number of halogens is 1. The Morgan fingerprint density at radius 2 is 2.05 bits per heavy atom. The van der Waals surface area contributed by atoms with Gasteiger partial charge in [-0.15, -0.1) is 0 Å². The third-order valence-corrected chi connectivity index (χ3v) is 5.80. The summed E-state index contributed by atoms with van der Waals surface area (Å²) in [5.41, 5.74) is 12.5. The number of allylic oxidation sites excluding steroid dienone is 2. The maximum atomic E-state index is 9.59. The molecule has 0 aromatic carbocycles. The molecule has 6 atom stereocenters. The van der Waals surface area contributed by atoms with Crippen LogP contribution in [0.25, 0.3) is 0 Å². The van der Waals surface area contributed by atoms with Crippen molar-refractivity contribution in [2.24, 2.45) is 23.3 Å². The number of rotatable bonds is 4. The average Bonchev–Trinajstić information content (AvgIpc) is 2.90. The lowest BCUT2D eigenvalue weighted by Gasteiger charge is -2.32. The summed E-state index contributed by atoms with van der Waals surface area (Å²) in [4.78, 5) is 0. The Morgan fingerprint density at radius 1 is 1.27 bits per heavy atom. The highest BCUT2D eigenvalue weighted by Gasteiger charge is 2.39. The molecule has 126 valence electrons. The fourth-order valence-electron chi connectivity index (χ4n) is 3.95. The Morgan fingerprint density at radius 3 is 2.77 bits per heavy atom. The average molecular weight is 330 g/mol. The van der Waals surface area contributed by atoms with Crippen LogP contribution in [0.4, 0.5) is 0 Å². The Hall–Kier alpha value is -0.370. The Labute approximate surface area is 137 Å². The van der Waals surface area contributed by atoms with Gasteiger partial charge in [0.05, 0.1) is 0 Å². The molecule has 1 saturated carbocycles. The summed E-state index contributed by atoms with van der Waals surface area (Å²) in [6.45, 7) is 0.711. The van der Waals surface area contributed by atoms with Crippen LogP contribution >= 0.6 is 11.6 Å². The summed E-state index contributed by atoms with van der Waals surface area (Å²) in [6.07, 6.45) is 5.14. The molecule has 1 saturated heterocycles. The number of hydrogen-bond acceptors (Lipinski definition) is 6. The first-order valence-corrected chi connectivity index (χ1v) is 8.74. The molecule has 7 heteroatoms. The highest BCUT2D eigenvalue weighted by atomic mass is 35.5. The molecule has 0 aromatic rings. The molecule has 22 heavy (non-hydrogen) atoms. The van der Waals surface area contributed by atoms with E-state index in [1.54, 1.807) is 0 Å². The molecule has 3 rings (SSSR count). The summed E-state index contributed by atoms with van der Waals surface area (Å²) in [7, 11) is 0. The minimum Gasteiger partial charge on any atom is -0.379 e. The summed E-state index contributed by atoms with van der Waals surface area (Å²) in [6, 6.07) is 0.781. The first-order chi connectivity index (χ1) is 10.6. The van der Waals surface area contributed by atoms with Crippen LogP contribution in [0, 0.1) is 11.8 Å². The predicted molar refractivity (Wildman–Crippen MR) is 87.6 cm³/mol. The summed E-state index contributed by atoms with van der Waals surface area (Å²) in [5.74, 6) is 0.707. The molecule has 0 bridgehead atoms. The molecular weight excluding hydrogens is 302 g/mol. The van der Waals surface area contributed by atoms with Gasteiger partial charge in [0, 0.05) is 22.8 Å². The van der Waals surface area contributed by atoms with Crippen LogP contribution < -0.4 is 27.4 Å². The van der Waals surface area contributed by atoms with Gasteiger partial charge in [-0.05, 0) is 56.9 Å². The summed E-state index contributed by atoms with van der Waals surface area (Å²) < 4.78 is 0. The summed E-state index contributed by atoms with van der Waals surface area (Å²) in [5, 5.41) is 21.2. The Bertz CT molecular complexity index is 430. The molecule has 0 radical (unpaired) electrons. The van der Waals surface area contributed by atoms with E-state index in [0.717, 1.165) is 49.3 Å². The molecule has 1 aliphatic heterocycles. The number of nitrogens with one attached hydrogen (secondary N) is 3. The van der Waals surface area contributed by atoms with Crippen molar-refractivity contribution in [2.45, 2.75) is 63.1 Å². The van der Waals surface area contributed by atoms with Crippen molar-refractivity contribution in [1.82, 2.24) is 16.0 Å². The van der Waals surface area contributed by atoms with Crippen LogP contribution in [-0.4, -0.2) is 36.3 Å². The minimum atomic E-state index is -0.712. The number of fused-ring (bicyclic) bond motifs is 1. The van der Waals surface area contributed by atoms with Crippen LogP contribution in [0.15, 0.2) is 10.7 Å². The van der Waals surface area contributed by atoms with Crippen molar-refractivity contribution in [2.75, 3.05) is 6.54 Å². The maximum Gasteiger partial charge on any atom is 0.132 e. The van der Waals surface area contributed by atoms with Gasteiger partial charge in [-0.25, -0.2) is 0 Å². The van der Waals surface area contributed by atoms with E-state index in [9.17, 15) is 5.11 Å². The van der Waals surface area contributed by atoms with E-state index in [1.165, 1.54) is 0 Å². The van der Waals surface area contributed by atoms with Crippen molar-refractivity contribution >= 4 is 11.6 Å². The molecule has 0 spiro atoms. The van der Waals surface area contributed by atoms with Gasteiger partial charge in [0.2, 0.25) is 0 Å². The second-order valence-corrected chi connectivity index (χ2v) is 7.37. The summed E-state index contributed by atoms with van der Waals surface area (Å²) >= 11 is 6.37. The third-order valence-electron chi connectivity index (χ3n) is 5.38. The second kappa shape index (κ2) is 7.03. The van der Waals surface area contributed by atoms with Crippen LogP contribution in [0.1, 0.15) is 38.5 Å². The lowest BCUT2D eigenvalue weighted by atomic mass is 9.82. The Balaban J connectivity index is 1.57. The quantitative estimate of drug-likeness (QED) is 0.408. The van der Waals surface area contributed by atoms with Gasteiger partial charge >= 0.3 is 0 Å². The van der Waals surface area contributed by atoms with E-state index in [0.29, 0.717) is 24.5 Å². The lowest BCUT2D eigenvalue weighted by Crippen LogP contribution is -2.47. The van der Waals surface area contributed by atoms with Gasteiger partial charge in [0.25, 0.3) is 0 Å². The first kappa shape index (κ1) is 16.5. The van der Waals surface area contributed by atoms with E-state index in [-0.39, 0.29) is 12.2 Å². The predicted octanol–water partition coefficient (Wildman–Crippen LogP) is 0.0760. The van der Waals surface area contributed by atoms with Gasteiger partial charge in [0.15, 0.2) is 0 Å². The number of hydrogen-bond donors (Lipinski definition) is 6. The smallest absolute Gasteiger partial charge is 0.132 e. The Kier molecular flexibility index (Phi) is 5.27. The van der Waals surface area contributed by atoms with Crippen LogP contribution in [0.2, 0.25) is 0 Å². The van der Waals surface area contributed by atoms with E-state index >= 15 is 0 Å². The third kappa shape index (κ3) is 3.58. The van der Waals surface area contributed by atoms with Crippen LogP contribution in [0.5, 0.6) is 0 Å². The van der Waals surface area contributed by atoms with Crippen molar-refractivity contribution in [3.05, 3.63) is 10.7 Å². The molecule has 0 amide bonds. The fraction of sp³-hybridized carbons (Fsp3) is 0.867. The number of nitrogens with two attached hydrogens (primary N) is 2. The van der Waals surface area contributed by atoms with Gasteiger partial charge in [-0.1, -0.05) is 11.6 Å². The maximum absolute atomic E-state index is 9.59. The largest absolute Gasteiger partial charge is 0.379 e. The lowest BCUT2D eigenvalue weighted by molar-refractivity contribution is 0.0797. The van der Waals surface area contributed by atoms with Gasteiger partial charge < -0.3 is 21.9 Å². The van der Waals surface area contributed by atoms with Gasteiger partial charge in [-0.2, -0.15) is 0 Å². The highest BCUT2D eigenvalue weighted by Crippen LogP contribution is 2.31. The number of aliphatic hydroxyl groups excluding tert-OH is 1. The van der Waals surface area contributed by atoms with E-state index in [1.807, 2.05) is 0 Å². The van der Waals surface area contributed by atoms with E-state index in [4.69, 9.17) is 23.1 Å². The molecule has 1 heterocycles. The highest BCUT2D eigenvalue weighted by molar-refractivity contribution is 6.30. The fourth-order valence-corrected chi connectivity index (χ4v) is 4.19. The first-order valence-electron chi connectivity index (χ1n) is 8.36. The van der Waals surface area contributed by atoms with Crippen molar-refractivity contribution in [1.29, 1.82) is 0 Å². The van der Waals surface area contributed by atoms with Gasteiger partial charge in [0.1, 0.15) is 12.5 Å². The standard InChI is InChI=1S/C15H28ClN5O/c16-10-3-1-8(7-17)5-12(10)20-15-19-11-4-2-9(14(18)22)6-13(11)21-15/h8-9,11,13-15,19-22H,1-7,17-18H2/t8?,9?,11?,13?,14?,15-/m0/s1. The molecule has 0 aromatic heterocycles. The SMILES string of the molecule is NCC1CCC(Cl)=C(N[C@@H]2NC3CCC(C(N)O)CC3N2)C1. The molecule has 5 unspecified atom stereocenters. The molecular formula is C15H28ClN5O. The van der Waals surface area contributed by atoms with Crippen molar-refractivity contribution in [3.8, 4) is 0 Å². The second-order valence-electron chi connectivity index (χ2n) is 6.92. The zero-order valence-electron chi connectivity index (χ0n) is 12.9. The zero-order chi connectivity index (χ0) is 15.7. The van der Waals surface area contributed by atoms with Gasteiger partial charge in [-0.3, -0.25) is 10.6 Å². The van der Waals surface area contributed by atoms with Crippen LogP contribution in [0.3, 0.4) is 0 Å². The monoisotopic (exact) mass is 329 g/mol. The zero-order valence-corrected chi connectivity index (χ0v) is 13.6. The van der Waals surface area contributed by atoms with Crippen molar-refractivity contribution < 1.29 is 5.11 Å². The van der Waals surface area contributed by atoms with Crippen LogP contribution in [-0.2, 0) is 0 Å². The molecule has 6 nitrogen and oxygen atoms in total. The minimum absolute atomic E-state index is 0.0314. The molecule has 2 aliphatic carbocycles. The van der Waals surface area contributed by atoms with E-state index in [2.05, 4.69) is 16.0 Å². The molecule has 3 aliphatic rings. The molecule has 8 N–H and O–H groups in total. The van der Waals surface area contributed by atoms with E-state index < -0.39 is 6.23 Å².